The van der Waals surface area contributed by atoms with Crippen molar-refractivity contribution < 1.29 is 9.90 Å². The normalized spacial score (nSPS) is 14.2. The van der Waals surface area contributed by atoms with Gasteiger partial charge in [0.1, 0.15) is 11.6 Å². The Morgan fingerprint density at radius 1 is 0.905 bits per heavy atom. The zero-order valence-electron chi connectivity index (χ0n) is 23.2. The van der Waals surface area contributed by atoms with E-state index in [-0.39, 0.29) is 22.7 Å². The summed E-state index contributed by atoms with van der Waals surface area (Å²) >= 11 is 0. The van der Waals surface area contributed by atoms with Crippen molar-refractivity contribution in [2.75, 3.05) is 0 Å². The Kier molecular flexibility index (Phi) is 6.00. The molecule has 0 unspecified atom stereocenters. The Labute approximate surface area is 239 Å². The average molecular weight is 561 g/mol. The van der Waals surface area contributed by atoms with Crippen LogP contribution in [0, 0.1) is 13.8 Å². The van der Waals surface area contributed by atoms with Crippen LogP contribution in [-0.4, -0.2) is 40.6 Å². The standard InChI is InChI=1S/C32H28N6O4/c1-16-12-25-28(27(26(16)32(41)42)18-8-10-23-21(13-18)30(39)34-15-33-23)37-29(38(25)20-6-4-3-5-7-20)19-9-11-24-22(14-19)31(40)36-17(2)35-24/h8-15,20H,3-7H2,1-2H3,(H,41,42)(H,33,34,39)(H,35,36,40). The molecule has 0 bridgehead atoms. The van der Waals surface area contributed by atoms with Gasteiger partial charge in [0.15, 0.2) is 0 Å². The molecule has 0 saturated heterocycles. The number of H-pyrrole nitrogens is 2. The molecular formula is C32H28N6O4. The van der Waals surface area contributed by atoms with Gasteiger partial charge in [0.2, 0.25) is 0 Å². The maximum absolute atomic E-state index is 12.9. The predicted octanol–water partition coefficient (Wildman–Crippen LogP) is 5.66. The second kappa shape index (κ2) is 9.76. The van der Waals surface area contributed by atoms with Crippen LogP contribution in [0.4, 0.5) is 0 Å². The molecule has 3 aromatic carbocycles. The molecule has 1 aliphatic carbocycles. The number of nitrogens with zero attached hydrogens (tertiary/aromatic N) is 4. The summed E-state index contributed by atoms with van der Waals surface area (Å²) < 4.78 is 2.23. The molecule has 1 fully saturated rings. The lowest BCUT2D eigenvalue weighted by Gasteiger charge is -2.26. The molecule has 10 heteroatoms. The number of carboxylic acids is 1. The minimum atomic E-state index is -1.07. The topological polar surface area (TPSA) is 147 Å². The summed E-state index contributed by atoms with van der Waals surface area (Å²) in [5.41, 5.74) is 4.46. The molecule has 0 aliphatic heterocycles. The van der Waals surface area contributed by atoms with Crippen LogP contribution >= 0.6 is 0 Å². The average Bonchev–Trinajstić information content (AvgIpc) is 3.35. The van der Waals surface area contributed by atoms with Gasteiger partial charge in [-0.15, -0.1) is 0 Å². The van der Waals surface area contributed by atoms with Crippen LogP contribution < -0.4 is 11.1 Å². The van der Waals surface area contributed by atoms with E-state index in [2.05, 4.69) is 24.5 Å². The Balaban J connectivity index is 1.58. The lowest BCUT2D eigenvalue weighted by molar-refractivity contribution is 0.0697. The van der Waals surface area contributed by atoms with Gasteiger partial charge in [-0.1, -0.05) is 25.3 Å². The first kappa shape index (κ1) is 25.8. The number of rotatable bonds is 4. The van der Waals surface area contributed by atoms with E-state index in [1.165, 1.54) is 12.7 Å². The monoisotopic (exact) mass is 560 g/mol. The van der Waals surface area contributed by atoms with E-state index in [0.717, 1.165) is 36.8 Å². The second-order valence-electron chi connectivity index (χ2n) is 11.1. The van der Waals surface area contributed by atoms with Crippen molar-refractivity contribution in [1.82, 2.24) is 29.5 Å². The van der Waals surface area contributed by atoms with Gasteiger partial charge in [0.25, 0.3) is 11.1 Å². The lowest BCUT2D eigenvalue weighted by Crippen LogP contribution is -2.14. The minimum absolute atomic E-state index is 0.136. The van der Waals surface area contributed by atoms with Crippen molar-refractivity contribution >= 4 is 38.8 Å². The van der Waals surface area contributed by atoms with Crippen LogP contribution in [0.25, 0.3) is 55.4 Å². The van der Waals surface area contributed by atoms with Gasteiger partial charge >= 0.3 is 5.97 Å². The van der Waals surface area contributed by atoms with E-state index in [1.54, 1.807) is 32.0 Å². The van der Waals surface area contributed by atoms with Crippen molar-refractivity contribution in [2.45, 2.75) is 52.0 Å². The number of hydrogen-bond acceptors (Lipinski definition) is 6. The zero-order chi connectivity index (χ0) is 29.1. The molecule has 0 spiro atoms. The van der Waals surface area contributed by atoms with Crippen molar-refractivity contribution in [3.05, 3.63) is 86.5 Å². The number of aromatic carboxylic acids is 1. The number of benzene rings is 3. The summed E-state index contributed by atoms with van der Waals surface area (Å²) in [7, 11) is 0. The van der Waals surface area contributed by atoms with Gasteiger partial charge in [-0.3, -0.25) is 9.59 Å². The number of nitrogens with one attached hydrogen (secondary N) is 2. The highest BCUT2D eigenvalue weighted by molar-refractivity contribution is 6.08. The molecule has 10 nitrogen and oxygen atoms in total. The van der Waals surface area contributed by atoms with Crippen molar-refractivity contribution in [2.24, 2.45) is 0 Å². The maximum Gasteiger partial charge on any atom is 0.336 e. The smallest absolute Gasteiger partial charge is 0.336 e. The molecule has 3 heterocycles. The number of aromatic nitrogens is 6. The first-order chi connectivity index (χ1) is 20.3. The zero-order valence-corrected chi connectivity index (χ0v) is 23.2. The summed E-state index contributed by atoms with van der Waals surface area (Å²) in [5.74, 6) is 0.139. The lowest BCUT2D eigenvalue weighted by atomic mass is 9.92. The number of imidazole rings is 1. The molecule has 1 aliphatic rings. The molecule has 210 valence electrons. The largest absolute Gasteiger partial charge is 0.478 e. The molecule has 1 saturated carbocycles. The van der Waals surface area contributed by atoms with E-state index in [0.29, 0.717) is 55.7 Å². The quantitative estimate of drug-likeness (QED) is 0.252. The first-order valence-corrected chi connectivity index (χ1v) is 14.1. The second-order valence-corrected chi connectivity index (χ2v) is 11.1. The Morgan fingerprint density at radius 3 is 2.40 bits per heavy atom. The number of aromatic amines is 2. The molecule has 6 aromatic rings. The highest BCUT2D eigenvalue weighted by Gasteiger charge is 2.28. The third-order valence-electron chi connectivity index (χ3n) is 8.35. The Bertz CT molecular complexity index is 2190. The van der Waals surface area contributed by atoms with Gasteiger partial charge < -0.3 is 19.6 Å². The van der Waals surface area contributed by atoms with Gasteiger partial charge in [0, 0.05) is 17.2 Å². The highest BCUT2D eigenvalue weighted by atomic mass is 16.4. The van der Waals surface area contributed by atoms with Gasteiger partial charge in [-0.25, -0.2) is 19.7 Å². The summed E-state index contributed by atoms with van der Waals surface area (Å²) in [6.07, 6.45) is 6.63. The Hall–Kier alpha value is -5.12. The molecule has 0 atom stereocenters. The molecule has 3 N–H and O–H groups in total. The molecule has 7 rings (SSSR count). The summed E-state index contributed by atoms with van der Waals surface area (Å²) in [6.45, 7) is 3.54. The van der Waals surface area contributed by atoms with Crippen LogP contribution in [0.1, 0.15) is 59.9 Å². The molecule has 0 amide bonds. The summed E-state index contributed by atoms with van der Waals surface area (Å²) in [4.78, 5) is 57.5. The molecule has 3 aromatic heterocycles. The number of aryl methyl sites for hydroxylation is 2. The number of fused-ring (bicyclic) bond motifs is 3. The van der Waals surface area contributed by atoms with Crippen LogP contribution in [0.3, 0.4) is 0 Å². The Morgan fingerprint density at radius 2 is 1.62 bits per heavy atom. The van der Waals surface area contributed by atoms with Crippen LogP contribution in [0.5, 0.6) is 0 Å². The number of carboxylic acid groups (broad SMARTS) is 1. The van der Waals surface area contributed by atoms with Crippen LogP contribution in [0.2, 0.25) is 0 Å². The SMILES string of the molecule is Cc1nc2ccc(-c3nc4c(-c5ccc6nc[nH]c(=O)c6c5)c(C(=O)O)c(C)cc4n3C3CCCCC3)cc2c(=O)[nH]1. The summed E-state index contributed by atoms with van der Waals surface area (Å²) in [5, 5.41) is 11.2. The fourth-order valence-electron chi connectivity index (χ4n) is 6.45. The van der Waals surface area contributed by atoms with E-state index in [9.17, 15) is 19.5 Å². The molecule has 0 radical (unpaired) electrons. The molecule has 42 heavy (non-hydrogen) atoms. The van der Waals surface area contributed by atoms with Crippen LogP contribution in [0.15, 0.2) is 58.4 Å². The number of carbonyl (C=O) groups is 1. The highest BCUT2D eigenvalue weighted by Crippen LogP contribution is 2.41. The summed E-state index contributed by atoms with van der Waals surface area (Å²) in [6, 6.07) is 12.8. The van der Waals surface area contributed by atoms with Gasteiger partial charge in [-0.05, 0) is 74.2 Å². The molecular weight excluding hydrogens is 532 g/mol. The number of hydrogen-bond donors (Lipinski definition) is 3. The maximum atomic E-state index is 12.9. The van der Waals surface area contributed by atoms with E-state index in [1.807, 2.05) is 24.3 Å². The van der Waals surface area contributed by atoms with E-state index in [4.69, 9.17) is 4.98 Å². The van der Waals surface area contributed by atoms with Gasteiger partial charge in [0.05, 0.1) is 44.7 Å². The van der Waals surface area contributed by atoms with Crippen molar-refractivity contribution in [3.63, 3.8) is 0 Å². The van der Waals surface area contributed by atoms with Crippen molar-refractivity contribution in [1.29, 1.82) is 0 Å². The third kappa shape index (κ3) is 4.09. The van der Waals surface area contributed by atoms with Crippen molar-refractivity contribution in [3.8, 4) is 22.5 Å². The van der Waals surface area contributed by atoms with Gasteiger partial charge in [-0.2, -0.15) is 0 Å². The first-order valence-electron chi connectivity index (χ1n) is 14.1. The van der Waals surface area contributed by atoms with E-state index < -0.39 is 5.97 Å². The van der Waals surface area contributed by atoms with Crippen LogP contribution in [-0.2, 0) is 0 Å². The minimum Gasteiger partial charge on any atom is -0.478 e. The fraction of sp³-hybridized carbons (Fsp3) is 0.250. The predicted molar refractivity (Wildman–Crippen MR) is 161 cm³/mol. The fourth-order valence-corrected chi connectivity index (χ4v) is 6.45. The third-order valence-corrected chi connectivity index (χ3v) is 8.35. The van der Waals surface area contributed by atoms with E-state index >= 15 is 0 Å².